The van der Waals surface area contributed by atoms with Gasteiger partial charge in [0.25, 0.3) is 5.92 Å². The van der Waals surface area contributed by atoms with Gasteiger partial charge in [-0.05, 0) is 31.5 Å². The molecule has 0 aliphatic heterocycles. The number of alkyl halides is 2. The molecule has 3 nitrogen and oxygen atoms in total. The maximum absolute atomic E-state index is 13.9. The van der Waals surface area contributed by atoms with Crippen LogP contribution in [0.1, 0.15) is 35.0 Å². The number of benzene rings is 1. The second-order valence-corrected chi connectivity index (χ2v) is 5.14. The van der Waals surface area contributed by atoms with Crippen LogP contribution < -0.4 is 0 Å². The molecule has 116 valence electrons. The van der Waals surface area contributed by atoms with Crippen molar-refractivity contribution in [3.8, 4) is 6.07 Å². The number of aromatic nitrogens is 2. The van der Waals surface area contributed by atoms with Crippen LogP contribution >= 0.6 is 0 Å². The largest absolute Gasteiger partial charge is 0.289 e. The minimum atomic E-state index is -3.14. The van der Waals surface area contributed by atoms with Gasteiger partial charge < -0.3 is 0 Å². The fraction of sp³-hybridized carbons (Fsp3) is 0.333. The van der Waals surface area contributed by atoms with E-state index in [1.54, 1.807) is 13.0 Å². The van der Waals surface area contributed by atoms with Gasteiger partial charge in [-0.2, -0.15) is 19.1 Å². The first-order chi connectivity index (χ1) is 10.1. The van der Waals surface area contributed by atoms with Crippen molar-refractivity contribution >= 4 is 0 Å². The quantitative estimate of drug-likeness (QED) is 0.809. The Hall–Kier alpha value is -2.36. The Labute approximate surface area is 124 Å². The molecule has 0 amide bonds. The van der Waals surface area contributed by atoms with Crippen molar-refractivity contribution in [2.24, 2.45) is 0 Å². The molecule has 22 heavy (non-hydrogen) atoms. The second-order valence-electron chi connectivity index (χ2n) is 5.14. The predicted molar refractivity (Wildman–Crippen MR) is 71.4 cm³/mol. The smallest absolute Gasteiger partial charge is 0.264 e. The number of hydrogen-bond acceptors (Lipinski definition) is 2. The maximum Gasteiger partial charge on any atom is 0.289 e. The lowest BCUT2D eigenvalue weighted by molar-refractivity contribution is 0.0115. The summed E-state index contributed by atoms with van der Waals surface area (Å²) in [5, 5.41) is 12.4. The first-order valence-corrected chi connectivity index (χ1v) is 6.45. The third kappa shape index (κ3) is 2.82. The SMILES string of the molecule is Cc1c(C(C)(F)F)nn(Cc2c(F)cc(C#N)cc2F)c1C. The zero-order valence-electron chi connectivity index (χ0n) is 12.2. The maximum atomic E-state index is 13.9. The molecule has 1 aromatic heterocycles. The van der Waals surface area contributed by atoms with Crippen molar-refractivity contribution in [3.05, 3.63) is 51.8 Å². The molecule has 0 N–H and O–H groups in total. The molecule has 2 aromatic rings. The number of rotatable bonds is 3. The zero-order valence-corrected chi connectivity index (χ0v) is 12.2. The molecule has 0 aliphatic rings. The standard InChI is InChI=1S/C15H13F4N3/c1-8-9(2)22(21-14(8)15(3,18)19)7-11-12(16)4-10(6-20)5-13(11)17/h4-5H,7H2,1-3H3. The molecule has 0 atom stereocenters. The van der Waals surface area contributed by atoms with Crippen molar-refractivity contribution in [2.45, 2.75) is 33.2 Å². The molecule has 0 radical (unpaired) electrons. The van der Waals surface area contributed by atoms with E-state index in [9.17, 15) is 17.6 Å². The number of hydrogen-bond donors (Lipinski definition) is 0. The van der Waals surface area contributed by atoms with Crippen LogP contribution in [0.2, 0.25) is 0 Å². The molecule has 0 fully saturated rings. The fourth-order valence-electron chi connectivity index (χ4n) is 2.18. The summed E-state index contributed by atoms with van der Waals surface area (Å²) in [6.07, 6.45) is 0. The van der Waals surface area contributed by atoms with Gasteiger partial charge in [-0.3, -0.25) is 4.68 Å². The molecule has 1 aromatic carbocycles. The Kier molecular flexibility index (Phi) is 3.96. The number of nitrogens with zero attached hydrogens (tertiary/aromatic N) is 3. The van der Waals surface area contributed by atoms with E-state index in [1.165, 1.54) is 6.92 Å². The van der Waals surface area contributed by atoms with Crippen LogP contribution in [-0.2, 0) is 12.5 Å². The third-order valence-electron chi connectivity index (χ3n) is 3.50. The average Bonchev–Trinajstić information content (AvgIpc) is 2.70. The van der Waals surface area contributed by atoms with Crippen LogP contribution in [-0.4, -0.2) is 9.78 Å². The summed E-state index contributed by atoms with van der Waals surface area (Å²) in [6, 6.07) is 3.45. The van der Waals surface area contributed by atoms with Crippen molar-refractivity contribution in [1.82, 2.24) is 9.78 Å². The summed E-state index contributed by atoms with van der Waals surface area (Å²) in [7, 11) is 0. The lowest BCUT2D eigenvalue weighted by Gasteiger charge is -2.08. The van der Waals surface area contributed by atoms with E-state index < -0.39 is 23.3 Å². The van der Waals surface area contributed by atoms with E-state index in [0.29, 0.717) is 5.69 Å². The van der Waals surface area contributed by atoms with Gasteiger partial charge >= 0.3 is 0 Å². The van der Waals surface area contributed by atoms with E-state index in [2.05, 4.69) is 5.10 Å². The van der Waals surface area contributed by atoms with E-state index in [1.807, 2.05) is 0 Å². The second kappa shape index (κ2) is 5.44. The summed E-state index contributed by atoms with van der Waals surface area (Å²) in [4.78, 5) is 0. The summed E-state index contributed by atoms with van der Waals surface area (Å²) in [5.41, 5.74) is -0.204. The minimum Gasteiger partial charge on any atom is -0.264 e. The molecular formula is C15H13F4N3. The Bertz CT molecular complexity index is 743. The Balaban J connectivity index is 2.47. The van der Waals surface area contributed by atoms with Crippen LogP contribution in [0.5, 0.6) is 0 Å². The van der Waals surface area contributed by atoms with Gasteiger partial charge in [0.1, 0.15) is 17.3 Å². The van der Waals surface area contributed by atoms with Gasteiger partial charge in [-0.15, -0.1) is 0 Å². The topological polar surface area (TPSA) is 41.6 Å². The van der Waals surface area contributed by atoms with Crippen molar-refractivity contribution in [3.63, 3.8) is 0 Å². The van der Waals surface area contributed by atoms with E-state index in [4.69, 9.17) is 5.26 Å². The Morgan fingerprint density at radius 2 is 1.77 bits per heavy atom. The molecule has 0 unspecified atom stereocenters. The lowest BCUT2D eigenvalue weighted by Crippen LogP contribution is -2.12. The summed E-state index contributed by atoms with van der Waals surface area (Å²) in [6.45, 7) is 3.43. The Morgan fingerprint density at radius 3 is 2.18 bits per heavy atom. The summed E-state index contributed by atoms with van der Waals surface area (Å²) >= 11 is 0. The molecule has 0 saturated carbocycles. The van der Waals surface area contributed by atoms with Crippen LogP contribution in [0.25, 0.3) is 0 Å². The lowest BCUT2D eigenvalue weighted by atomic mass is 10.1. The van der Waals surface area contributed by atoms with Crippen LogP contribution in [0.3, 0.4) is 0 Å². The zero-order chi connectivity index (χ0) is 16.7. The molecule has 1 heterocycles. The first kappa shape index (κ1) is 16.0. The fourth-order valence-corrected chi connectivity index (χ4v) is 2.18. The average molecular weight is 311 g/mol. The molecular weight excluding hydrogens is 298 g/mol. The van der Waals surface area contributed by atoms with E-state index in [0.717, 1.165) is 23.7 Å². The number of nitriles is 1. The highest BCUT2D eigenvalue weighted by Gasteiger charge is 2.31. The van der Waals surface area contributed by atoms with Gasteiger partial charge in [0.2, 0.25) is 0 Å². The first-order valence-electron chi connectivity index (χ1n) is 6.45. The van der Waals surface area contributed by atoms with Crippen LogP contribution in [0, 0.1) is 36.8 Å². The molecule has 0 spiro atoms. The van der Waals surface area contributed by atoms with Crippen molar-refractivity contribution in [2.75, 3.05) is 0 Å². The van der Waals surface area contributed by atoms with Crippen molar-refractivity contribution < 1.29 is 17.6 Å². The van der Waals surface area contributed by atoms with Crippen LogP contribution in [0.15, 0.2) is 12.1 Å². The van der Waals surface area contributed by atoms with Gasteiger partial charge in [-0.25, -0.2) is 8.78 Å². The summed E-state index contributed by atoms with van der Waals surface area (Å²) in [5.74, 6) is -4.95. The highest BCUT2D eigenvalue weighted by atomic mass is 19.3. The number of halogens is 4. The molecule has 0 aliphatic carbocycles. The molecule has 0 saturated heterocycles. The van der Waals surface area contributed by atoms with Gasteiger partial charge in [-0.1, -0.05) is 0 Å². The van der Waals surface area contributed by atoms with E-state index in [-0.39, 0.29) is 23.2 Å². The van der Waals surface area contributed by atoms with Crippen molar-refractivity contribution in [1.29, 1.82) is 5.26 Å². The molecule has 0 bridgehead atoms. The van der Waals surface area contributed by atoms with Gasteiger partial charge in [0.05, 0.1) is 18.2 Å². The highest BCUT2D eigenvalue weighted by Crippen LogP contribution is 2.30. The van der Waals surface area contributed by atoms with Crippen LogP contribution in [0.4, 0.5) is 17.6 Å². The molecule has 7 heteroatoms. The van der Waals surface area contributed by atoms with Gasteiger partial charge in [0, 0.05) is 18.2 Å². The normalized spacial score (nSPS) is 11.5. The predicted octanol–water partition coefficient (Wildman–Crippen LogP) is 3.81. The minimum absolute atomic E-state index is 0.145. The highest BCUT2D eigenvalue weighted by molar-refractivity contribution is 5.35. The molecule has 2 rings (SSSR count). The van der Waals surface area contributed by atoms with E-state index >= 15 is 0 Å². The third-order valence-corrected chi connectivity index (χ3v) is 3.50. The monoisotopic (exact) mass is 311 g/mol. The van der Waals surface area contributed by atoms with Gasteiger partial charge in [0.15, 0.2) is 0 Å². The Morgan fingerprint density at radius 1 is 1.23 bits per heavy atom. The summed E-state index contributed by atoms with van der Waals surface area (Å²) < 4.78 is 55.8.